The summed E-state index contributed by atoms with van der Waals surface area (Å²) in [5.41, 5.74) is 6.62. The van der Waals surface area contributed by atoms with Crippen LogP contribution in [0.5, 0.6) is 0 Å². The van der Waals surface area contributed by atoms with E-state index in [1.54, 1.807) is 0 Å². The van der Waals surface area contributed by atoms with Crippen molar-refractivity contribution in [2.75, 3.05) is 0 Å². The highest BCUT2D eigenvalue weighted by Crippen LogP contribution is 2.38. The highest BCUT2D eigenvalue weighted by molar-refractivity contribution is 6.23. The third-order valence-corrected chi connectivity index (χ3v) is 8.29. The lowest BCUT2D eigenvalue weighted by molar-refractivity contribution is 0.799. The van der Waals surface area contributed by atoms with Crippen molar-refractivity contribution in [3.05, 3.63) is 90.8 Å². The summed E-state index contributed by atoms with van der Waals surface area (Å²) in [5.74, 6) is 2.72. The zero-order valence-corrected chi connectivity index (χ0v) is 23.0. The largest absolute Gasteiger partial charge is 0.342 e. The Morgan fingerprint density at radius 3 is 2.05 bits per heavy atom. The quantitative estimate of drug-likeness (QED) is 0.228. The van der Waals surface area contributed by atoms with Crippen LogP contribution in [0.3, 0.4) is 0 Å². The smallest absolute Gasteiger partial charge is 0.109 e. The highest BCUT2D eigenvalue weighted by Gasteiger charge is 2.16. The van der Waals surface area contributed by atoms with E-state index in [1.807, 2.05) is 12.4 Å². The van der Waals surface area contributed by atoms with Crippen LogP contribution in [0.4, 0.5) is 0 Å². The first-order valence-electron chi connectivity index (χ1n) is 14.0. The van der Waals surface area contributed by atoms with Crippen LogP contribution in [-0.4, -0.2) is 24.9 Å². The van der Waals surface area contributed by atoms with Crippen LogP contribution in [0.25, 0.3) is 76.3 Å². The Kier molecular flexibility index (Phi) is 4.84. The molecule has 5 heteroatoms. The molecule has 5 aromatic carbocycles. The molecule has 0 aliphatic rings. The Bertz CT molecular complexity index is 2280. The number of H-pyrrole nitrogens is 2. The van der Waals surface area contributed by atoms with Gasteiger partial charge in [-0.3, -0.25) is 4.98 Å². The van der Waals surface area contributed by atoms with Crippen molar-refractivity contribution in [3.8, 4) is 11.1 Å². The van der Waals surface area contributed by atoms with Gasteiger partial charge in [-0.2, -0.15) is 0 Å². The van der Waals surface area contributed by atoms with E-state index in [2.05, 4.69) is 109 Å². The van der Waals surface area contributed by atoms with Crippen molar-refractivity contribution in [2.45, 2.75) is 39.5 Å². The molecule has 0 radical (unpaired) electrons. The van der Waals surface area contributed by atoms with Crippen LogP contribution >= 0.6 is 0 Å². The lowest BCUT2D eigenvalue weighted by atomic mass is 9.94. The van der Waals surface area contributed by atoms with Crippen LogP contribution in [0, 0.1) is 0 Å². The number of aromatic amines is 2. The molecular formula is C35H29N5. The van der Waals surface area contributed by atoms with Crippen LogP contribution in [-0.2, 0) is 0 Å². The van der Waals surface area contributed by atoms with Crippen LogP contribution < -0.4 is 0 Å². The number of imidazole rings is 2. The molecule has 8 aromatic rings. The Balaban J connectivity index is 1.32. The first kappa shape index (κ1) is 23.1. The van der Waals surface area contributed by atoms with Crippen LogP contribution in [0.1, 0.15) is 51.2 Å². The number of nitrogens with one attached hydrogen (secondary N) is 2. The molecular weight excluding hydrogens is 490 g/mol. The number of hydrogen-bond donors (Lipinski definition) is 2. The van der Waals surface area contributed by atoms with Crippen molar-refractivity contribution < 1.29 is 0 Å². The molecule has 3 aromatic heterocycles. The number of rotatable bonds is 3. The second-order valence-corrected chi connectivity index (χ2v) is 11.5. The van der Waals surface area contributed by atoms with Crippen molar-refractivity contribution >= 4 is 65.2 Å². The Hall–Kier alpha value is -4.77. The number of nitrogens with zero attached hydrogens (tertiary/aromatic N) is 3. The average molecular weight is 520 g/mol. The van der Waals surface area contributed by atoms with Gasteiger partial charge >= 0.3 is 0 Å². The number of fused-ring (bicyclic) bond motifs is 11. The highest BCUT2D eigenvalue weighted by atomic mass is 14.9. The summed E-state index contributed by atoms with van der Waals surface area (Å²) in [5, 5.41) is 9.55. The van der Waals surface area contributed by atoms with Gasteiger partial charge in [-0.05, 0) is 62.3 Å². The molecule has 0 saturated heterocycles. The fourth-order valence-electron chi connectivity index (χ4n) is 6.13. The van der Waals surface area contributed by atoms with E-state index in [1.165, 1.54) is 48.8 Å². The predicted molar refractivity (Wildman–Crippen MR) is 167 cm³/mol. The SMILES string of the molecule is CC(C)c1nc2c(ccc3c4ccc(-c5ccc6c(c5)c5ccncc5c5nc(C(C)C)[nH]c65)cc4ccc32)[nH]1. The Labute approximate surface area is 231 Å². The van der Waals surface area contributed by atoms with Crippen molar-refractivity contribution in [1.29, 1.82) is 0 Å². The third kappa shape index (κ3) is 3.30. The molecule has 0 aliphatic carbocycles. The van der Waals surface area contributed by atoms with Gasteiger partial charge in [0.05, 0.1) is 22.1 Å². The second-order valence-electron chi connectivity index (χ2n) is 11.5. The first-order valence-corrected chi connectivity index (χ1v) is 14.0. The maximum absolute atomic E-state index is 4.96. The van der Waals surface area contributed by atoms with E-state index < -0.39 is 0 Å². The second kappa shape index (κ2) is 8.36. The molecule has 0 spiro atoms. The number of aromatic nitrogens is 5. The summed E-state index contributed by atoms with van der Waals surface area (Å²) in [4.78, 5) is 21.4. The van der Waals surface area contributed by atoms with Crippen LogP contribution in [0.2, 0.25) is 0 Å². The molecule has 40 heavy (non-hydrogen) atoms. The minimum atomic E-state index is 0.323. The van der Waals surface area contributed by atoms with Crippen molar-refractivity contribution in [2.24, 2.45) is 0 Å². The molecule has 194 valence electrons. The average Bonchev–Trinajstić information content (AvgIpc) is 3.63. The van der Waals surface area contributed by atoms with Gasteiger partial charge in [-0.15, -0.1) is 0 Å². The normalized spacial score (nSPS) is 12.4. The molecule has 0 fully saturated rings. The summed E-state index contributed by atoms with van der Waals surface area (Å²) in [6.45, 7) is 8.68. The molecule has 0 saturated carbocycles. The van der Waals surface area contributed by atoms with E-state index in [9.17, 15) is 0 Å². The summed E-state index contributed by atoms with van der Waals surface area (Å²) in [6.07, 6.45) is 3.81. The first-order chi connectivity index (χ1) is 19.5. The zero-order chi connectivity index (χ0) is 27.1. The minimum absolute atomic E-state index is 0.323. The summed E-state index contributed by atoms with van der Waals surface area (Å²) in [6, 6.07) is 24.5. The molecule has 5 nitrogen and oxygen atoms in total. The molecule has 3 heterocycles. The molecule has 0 atom stereocenters. The van der Waals surface area contributed by atoms with Gasteiger partial charge in [0.15, 0.2) is 0 Å². The third-order valence-electron chi connectivity index (χ3n) is 8.29. The van der Waals surface area contributed by atoms with E-state index in [0.717, 1.165) is 39.1 Å². The predicted octanol–water partition coefficient (Wildman–Crippen LogP) is 9.36. The number of pyridine rings is 1. The Morgan fingerprint density at radius 1 is 0.550 bits per heavy atom. The van der Waals surface area contributed by atoms with Crippen LogP contribution in [0.15, 0.2) is 79.1 Å². The molecule has 0 amide bonds. The van der Waals surface area contributed by atoms with E-state index in [4.69, 9.17) is 9.97 Å². The van der Waals surface area contributed by atoms with Gasteiger partial charge in [0, 0.05) is 40.4 Å². The van der Waals surface area contributed by atoms with Gasteiger partial charge < -0.3 is 9.97 Å². The van der Waals surface area contributed by atoms with Gasteiger partial charge in [0.2, 0.25) is 0 Å². The molecule has 2 N–H and O–H groups in total. The maximum Gasteiger partial charge on any atom is 0.109 e. The van der Waals surface area contributed by atoms with Crippen molar-refractivity contribution in [3.63, 3.8) is 0 Å². The molecule has 0 aliphatic heterocycles. The summed E-state index contributed by atoms with van der Waals surface area (Å²) < 4.78 is 0. The van der Waals surface area contributed by atoms with Gasteiger partial charge in [-0.1, -0.05) is 70.2 Å². The van der Waals surface area contributed by atoms with Gasteiger partial charge in [-0.25, -0.2) is 9.97 Å². The van der Waals surface area contributed by atoms with Gasteiger partial charge in [0.1, 0.15) is 11.6 Å². The Morgan fingerprint density at radius 2 is 1.23 bits per heavy atom. The lowest BCUT2D eigenvalue weighted by Crippen LogP contribution is -1.88. The lowest BCUT2D eigenvalue weighted by Gasteiger charge is -2.10. The van der Waals surface area contributed by atoms with Crippen molar-refractivity contribution in [1.82, 2.24) is 24.9 Å². The van der Waals surface area contributed by atoms with E-state index >= 15 is 0 Å². The fraction of sp³-hybridized carbons (Fsp3) is 0.171. The zero-order valence-electron chi connectivity index (χ0n) is 23.0. The van der Waals surface area contributed by atoms with Gasteiger partial charge in [0.25, 0.3) is 0 Å². The molecule has 0 bridgehead atoms. The van der Waals surface area contributed by atoms with E-state index in [-0.39, 0.29) is 0 Å². The number of hydrogen-bond acceptors (Lipinski definition) is 3. The summed E-state index contributed by atoms with van der Waals surface area (Å²) >= 11 is 0. The monoisotopic (exact) mass is 519 g/mol. The fourth-order valence-corrected chi connectivity index (χ4v) is 6.13. The topological polar surface area (TPSA) is 70.2 Å². The van der Waals surface area contributed by atoms with E-state index in [0.29, 0.717) is 11.8 Å². The standard InChI is InChI=1S/C35H29N5/c1-18(2)34-37-30-12-11-24-23-8-5-20(15-22(23)7-10-26(24)31(30)38-34)21-6-9-27-28(16-21)25-13-14-36-17-29(25)33-32(27)39-35(40-33)19(3)4/h5-19H,1-4H3,(H,37,38)(H,39,40). The maximum atomic E-state index is 4.96. The minimum Gasteiger partial charge on any atom is -0.342 e. The number of benzene rings is 5. The summed E-state index contributed by atoms with van der Waals surface area (Å²) in [7, 11) is 0. The molecule has 0 unspecified atom stereocenters. The molecule has 8 rings (SSSR count).